The van der Waals surface area contributed by atoms with E-state index in [1.165, 1.54) is 0 Å². The van der Waals surface area contributed by atoms with Crippen LogP contribution < -0.4 is 10.1 Å². The van der Waals surface area contributed by atoms with Crippen LogP contribution in [0, 0.1) is 0 Å². The van der Waals surface area contributed by atoms with Gasteiger partial charge in [-0.05, 0) is 36.4 Å². The molecule has 0 aliphatic rings. The average Bonchev–Trinajstić information content (AvgIpc) is 2.54. The third kappa shape index (κ3) is 4.45. The number of para-hydroxylation sites is 1. The predicted molar refractivity (Wildman–Crippen MR) is 81.6 cm³/mol. The standard InChI is InChI=1S/C17H17NO3/c1-2-17(20)18-14-10-8-13(9-11-14)16(19)12-21-15-6-4-3-5-7-15/h3-11H,2,12H2,1H3,(H,18,20). The molecule has 1 amide bonds. The number of anilines is 1. The number of ketones is 1. The van der Waals surface area contributed by atoms with Gasteiger partial charge in [-0.3, -0.25) is 9.59 Å². The lowest BCUT2D eigenvalue weighted by Crippen LogP contribution is -2.12. The molecule has 0 saturated heterocycles. The summed E-state index contributed by atoms with van der Waals surface area (Å²) in [6, 6.07) is 16.0. The Bertz CT molecular complexity index is 606. The number of ether oxygens (including phenoxy) is 1. The number of hydrogen-bond donors (Lipinski definition) is 1. The van der Waals surface area contributed by atoms with Crippen LogP contribution in [0.1, 0.15) is 23.7 Å². The summed E-state index contributed by atoms with van der Waals surface area (Å²) in [6.07, 6.45) is 0.422. The summed E-state index contributed by atoms with van der Waals surface area (Å²) in [6.45, 7) is 1.78. The molecule has 0 fully saturated rings. The van der Waals surface area contributed by atoms with Gasteiger partial charge in [0.15, 0.2) is 12.4 Å². The summed E-state index contributed by atoms with van der Waals surface area (Å²) in [7, 11) is 0. The van der Waals surface area contributed by atoms with Crippen molar-refractivity contribution < 1.29 is 14.3 Å². The maximum Gasteiger partial charge on any atom is 0.224 e. The molecular weight excluding hydrogens is 266 g/mol. The lowest BCUT2D eigenvalue weighted by molar-refractivity contribution is -0.115. The van der Waals surface area contributed by atoms with Gasteiger partial charge in [-0.2, -0.15) is 0 Å². The molecule has 0 spiro atoms. The molecule has 0 aliphatic carbocycles. The first-order valence-corrected chi connectivity index (χ1v) is 6.80. The summed E-state index contributed by atoms with van der Waals surface area (Å²) >= 11 is 0. The molecule has 2 aromatic carbocycles. The van der Waals surface area contributed by atoms with E-state index in [2.05, 4.69) is 5.32 Å². The number of carbonyl (C=O) groups is 2. The Labute approximate surface area is 123 Å². The maximum absolute atomic E-state index is 12.0. The van der Waals surface area contributed by atoms with Crippen LogP contribution in [0.15, 0.2) is 54.6 Å². The molecule has 0 saturated carbocycles. The maximum atomic E-state index is 12.0. The molecule has 0 heterocycles. The molecule has 1 N–H and O–H groups in total. The van der Waals surface area contributed by atoms with Gasteiger partial charge in [0.25, 0.3) is 0 Å². The Kier molecular flexibility index (Phi) is 5.10. The molecular formula is C17H17NO3. The van der Waals surface area contributed by atoms with E-state index in [-0.39, 0.29) is 18.3 Å². The zero-order chi connectivity index (χ0) is 15.1. The number of carbonyl (C=O) groups excluding carboxylic acids is 2. The van der Waals surface area contributed by atoms with Crippen molar-refractivity contribution in [1.82, 2.24) is 0 Å². The molecule has 21 heavy (non-hydrogen) atoms. The van der Waals surface area contributed by atoms with Crippen molar-refractivity contribution in [3.8, 4) is 5.75 Å². The summed E-state index contributed by atoms with van der Waals surface area (Å²) in [5, 5.41) is 2.73. The Morgan fingerprint density at radius 1 is 1.00 bits per heavy atom. The molecule has 0 unspecified atom stereocenters. The average molecular weight is 283 g/mol. The first-order valence-electron chi connectivity index (χ1n) is 6.80. The van der Waals surface area contributed by atoms with Crippen LogP contribution in [0.4, 0.5) is 5.69 Å². The normalized spacial score (nSPS) is 9.95. The minimum atomic E-state index is -0.104. The van der Waals surface area contributed by atoms with E-state index in [1.54, 1.807) is 43.3 Å². The number of hydrogen-bond acceptors (Lipinski definition) is 3. The van der Waals surface area contributed by atoms with E-state index in [0.717, 1.165) is 0 Å². The zero-order valence-electron chi connectivity index (χ0n) is 11.8. The minimum Gasteiger partial charge on any atom is -0.485 e. The van der Waals surface area contributed by atoms with E-state index in [4.69, 9.17) is 4.74 Å². The van der Waals surface area contributed by atoms with Gasteiger partial charge in [0.05, 0.1) is 0 Å². The monoisotopic (exact) mass is 283 g/mol. The largest absolute Gasteiger partial charge is 0.485 e. The van der Waals surface area contributed by atoms with E-state index < -0.39 is 0 Å². The molecule has 0 radical (unpaired) electrons. The van der Waals surface area contributed by atoms with Gasteiger partial charge in [0.2, 0.25) is 5.91 Å². The highest BCUT2D eigenvalue weighted by Gasteiger charge is 2.07. The molecule has 0 bridgehead atoms. The van der Waals surface area contributed by atoms with Crippen molar-refractivity contribution in [2.75, 3.05) is 11.9 Å². The Hall–Kier alpha value is -2.62. The number of Topliss-reactive ketones (excluding diaryl/α,β-unsaturated/α-hetero) is 1. The fourth-order valence-corrected chi connectivity index (χ4v) is 1.74. The van der Waals surface area contributed by atoms with Crippen LogP contribution in [-0.2, 0) is 4.79 Å². The second-order valence-electron chi connectivity index (χ2n) is 4.50. The zero-order valence-corrected chi connectivity index (χ0v) is 11.8. The summed E-state index contributed by atoms with van der Waals surface area (Å²) in [5.41, 5.74) is 1.24. The summed E-state index contributed by atoms with van der Waals surface area (Å²) < 4.78 is 5.42. The van der Waals surface area contributed by atoms with E-state index in [1.807, 2.05) is 18.2 Å². The van der Waals surface area contributed by atoms with Crippen molar-refractivity contribution in [2.45, 2.75) is 13.3 Å². The minimum absolute atomic E-state index is 0.00925. The lowest BCUT2D eigenvalue weighted by Gasteiger charge is -2.07. The van der Waals surface area contributed by atoms with Crippen molar-refractivity contribution >= 4 is 17.4 Å². The SMILES string of the molecule is CCC(=O)Nc1ccc(C(=O)COc2ccccc2)cc1. The number of nitrogens with one attached hydrogen (secondary N) is 1. The molecule has 4 heteroatoms. The second-order valence-corrected chi connectivity index (χ2v) is 4.50. The summed E-state index contributed by atoms with van der Waals surface area (Å²) in [4.78, 5) is 23.3. The van der Waals surface area contributed by atoms with Crippen LogP contribution in [0.5, 0.6) is 5.75 Å². The highest BCUT2D eigenvalue weighted by atomic mass is 16.5. The van der Waals surface area contributed by atoms with E-state index in [0.29, 0.717) is 23.4 Å². The molecule has 4 nitrogen and oxygen atoms in total. The molecule has 0 aliphatic heterocycles. The Balaban J connectivity index is 1.92. The summed E-state index contributed by atoms with van der Waals surface area (Å²) in [5.74, 6) is 0.506. The van der Waals surface area contributed by atoms with Gasteiger partial charge >= 0.3 is 0 Å². The lowest BCUT2D eigenvalue weighted by atomic mass is 10.1. The van der Waals surface area contributed by atoms with Crippen LogP contribution in [0.3, 0.4) is 0 Å². The van der Waals surface area contributed by atoms with Gasteiger partial charge < -0.3 is 10.1 Å². The number of benzene rings is 2. The highest BCUT2D eigenvalue weighted by Crippen LogP contribution is 2.12. The van der Waals surface area contributed by atoms with Gasteiger partial charge in [-0.15, -0.1) is 0 Å². The quantitative estimate of drug-likeness (QED) is 0.828. The van der Waals surface area contributed by atoms with Crippen LogP contribution in [-0.4, -0.2) is 18.3 Å². The van der Waals surface area contributed by atoms with Gasteiger partial charge in [0, 0.05) is 17.7 Å². The first-order chi connectivity index (χ1) is 10.2. The van der Waals surface area contributed by atoms with Crippen LogP contribution in [0.2, 0.25) is 0 Å². The third-order valence-electron chi connectivity index (χ3n) is 2.92. The van der Waals surface area contributed by atoms with Crippen molar-refractivity contribution in [2.24, 2.45) is 0 Å². The van der Waals surface area contributed by atoms with E-state index in [9.17, 15) is 9.59 Å². The van der Waals surface area contributed by atoms with Crippen LogP contribution in [0.25, 0.3) is 0 Å². The van der Waals surface area contributed by atoms with Crippen molar-refractivity contribution in [1.29, 1.82) is 0 Å². The Morgan fingerprint density at radius 2 is 1.67 bits per heavy atom. The number of rotatable bonds is 6. The van der Waals surface area contributed by atoms with Gasteiger partial charge in [0.1, 0.15) is 5.75 Å². The molecule has 2 aromatic rings. The van der Waals surface area contributed by atoms with E-state index >= 15 is 0 Å². The first kappa shape index (κ1) is 14.8. The smallest absolute Gasteiger partial charge is 0.224 e. The molecule has 108 valence electrons. The van der Waals surface area contributed by atoms with Gasteiger partial charge in [-0.1, -0.05) is 25.1 Å². The van der Waals surface area contributed by atoms with Crippen LogP contribution >= 0.6 is 0 Å². The molecule has 2 rings (SSSR count). The van der Waals surface area contributed by atoms with Crippen molar-refractivity contribution in [3.63, 3.8) is 0 Å². The fraction of sp³-hybridized carbons (Fsp3) is 0.176. The van der Waals surface area contributed by atoms with Crippen molar-refractivity contribution in [3.05, 3.63) is 60.2 Å². The van der Waals surface area contributed by atoms with Gasteiger partial charge in [-0.25, -0.2) is 0 Å². The molecule has 0 atom stereocenters. The fourth-order valence-electron chi connectivity index (χ4n) is 1.74. The molecule has 0 aromatic heterocycles. The predicted octanol–water partition coefficient (Wildman–Crippen LogP) is 3.30. The highest BCUT2D eigenvalue weighted by molar-refractivity contribution is 5.98. The Morgan fingerprint density at radius 3 is 2.29 bits per heavy atom. The number of amides is 1. The second kappa shape index (κ2) is 7.24. The topological polar surface area (TPSA) is 55.4 Å². The third-order valence-corrected chi connectivity index (χ3v) is 2.92.